The summed E-state index contributed by atoms with van der Waals surface area (Å²) in [5.41, 5.74) is 0.861. The summed E-state index contributed by atoms with van der Waals surface area (Å²) in [4.78, 5) is 27.8. The van der Waals surface area contributed by atoms with Crippen LogP contribution in [0.15, 0.2) is 30.3 Å². The van der Waals surface area contributed by atoms with E-state index in [9.17, 15) is 9.36 Å². The first kappa shape index (κ1) is 14.8. The van der Waals surface area contributed by atoms with E-state index in [2.05, 4.69) is 9.84 Å². The van der Waals surface area contributed by atoms with Crippen molar-refractivity contribution in [1.82, 2.24) is 5.32 Å². The minimum Gasteiger partial charge on any atom is -0.480 e. The number of rotatable bonds is 7. The third-order valence-electron chi connectivity index (χ3n) is 2.10. The van der Waals surface area contributed by atoms with Gasteiger partial charge in [0.15, 0.2) is 0 Å². The third kappa shape index (κ3) is 5.90. The van der Waals surface area contributed by atoms with Gasteiger partial charge >= 0.3 is 13.8 Å². The Morgan fingerprint density at radius 1 is 1.33 bits per heavy atom. The lowest BCUT2D eigenvalue weighted by atomic mass is 10.2. The molecule has 7 nitrogen and oxygen atoms in total. The number of aliphatic carboxylic acids is 1. The van der Waals surface area contributed by atoms with Gasteiger partial charge in [-0.15, -0.1) is 0 Å². The van der Waals surface area contributed by atoms with Gasteiger partial charge in [0.05, 0.1) is 6.61 Å². The van der Waals surface area contributed by atoms with Crippen molar-refractivity contribution < 1.29 is 28.8 Å². The molecule has 0 spiro atoms. The highest BCUT2D eigenvalue weighted by Crippen LogP contribution is 2.35. The van der Waals surface area contributed by atoms with Crippen molar-refractivity contribution in [3.05, 3.63) is 35.9 Å². The molecule has 0 radical (unpaired) electrons. The maximum Gasteiger partial charge on any atom is 0.469 e. The zero-order valence-corrected chi connectivity index (χ0v) is 10.3. The van der Waals surface area contributed by atoms with E-state index in [1.54, 1.807) is 24.3 Å². The van der Waals surface area contributed by atoms with Gasteiger partial charge in [0.25, 0.3) is 0 Å². The molecule has 0 aliphatic rings. The van der Waals surface area contributed by atoms with Crippen LogP contribution in [0.3, 0.4) is 0 Å². The van der Waals surface area contributed by atoms with Crippen molar-refractivity contribution in [2.24, 2.45) is 0 Å². The molecular formula is C10H14NO6P. The van der Waals surface area contributed by atoms with E-state index in [1.165, 1.54) is 0 Å². The van der Waals surface area contributed by atoms with Crippen molar-refractivity contribution in [2.45, 2.75) is 12.6 Å². The average Bonchev–Trinajstić information content (AvgIpc) is 2.28. The Labute approximate surface area is 104 Å². The lowest BCUT2D eigenvalue weighted by Gasteiger charge is -2.15. The van der Waals surface area contributed by atoms with Crippen molar-refractivity contribution in [1.29, 1.82) is 0 Å². The Morgan fingerprint density at radius 3 is 2.44 bits per heavy atom. The molecule has 8 heteroatoms. The molecular weight excluding hydrogens is 261 g/mol. The molecule has 0 aromatic heterocycles. The molecule has 0 amide bonds. The Bertz CT molecular complexity index is 431. The third-order valence-corrected chi connectivity index (χ3v) is 2.59. The number of phosphoric acid groups is 1. The van der Waals surface area contributed by atoms with Crippen LogP contribution in [0.4, 0.5) is 0 Å². The van der Waals surface area contributed by atoms with E-state index in [1.807, 2.05) is 6.07 Å². The maximum absolute atomic E-state index is 10.8. The quantitative estimate of drug-likeness (QED) is 0.530. The molecule has 0 fully saturated rings. The zero-order chi connectivity index (χ0) is 13.6. The van der Waals surface area contributed by atoms with E-state index in [4.69, 9.17) is 14.9 Å². The van der Waals surface area contributed by atoms with Gasteiger partial charge in [0.1, 0.15) is 6.04 Å². The monoisotopic (exact) mass is 275 g/mol. The smallest absolute Gasteiger partial charge is 0.469 e. The molecule has 0 heterocycles. The van der Waals surface area contributed by atoms with Gasteiger partial charge in [0, 0.05) is 6.54 Å². The fourth-order valence-electron chi connectivity index (χ4n) is 1.23. The fraction of sp³-hybridized carbons (Fsp3) is 0.300. The number of benzene rings is 1. The SMILES string of the molecule is O=C(O)[C@H](COP(=O)(O)O)NCc1ccccc1. The lowest BCUT2D eigenvalue weighted by molar-refractivity contribution is -0.140. The average molecular weight is 275 g/mol. The van der Waals surface area contributed by atoms with E-state index in [0.29, 0.717) is 0 Å². The number of nitrogens with one attached hydrogen (secondary N) is 1. The second-order valence-corrected chi connectivity index (χ2v) is 4.78. The molecule has 0 saturated heterocycles. The van der Waals surface area contributed by atoms with Gasteiger partial charge < -0.3 is 14.9 Å². The highest BCUT2D eigenvalue weighted by atomic mass is 31.2. The first-order valence-corrected chi connectivity index (χ1v) is 6.62. The van der Waals surface area contributed by atoms with E-state index < -0.39 is 26.4 Å². The molecule has 1 aromatic carbocycles. The Hall–Kier alpha value is -1.24. The van der Waals surface area contributed by atoms with Crippen molar-refractivity contribution in [2.75, 3.05) is 6.61 Å². The highest BCUT2D eigenvalue weighted by molar-refractivity contribution is 7.46. The molecule has 18 heavy (non-hydrogen) atoms. The van der Waals surface area contributed by atoms with Gasteiger partial charge in [-0.1, -0.05) is 30.3 Å². The van der Waals surface area contributed by atoms with Crippen LogP contribution in [0.1, 0.15) is 5.56 Å². The fourth-order valence-corrected chi connectivity index (χ4v) is 1.57. The second kappa shape index (κ2) is 6.63. The number of hydrogen-bond donors (Lipinski definition) is 4. The summed E-state index contributed by atoms with van der Waals surface area (Å²) in [6, 6.07) is 7.86. The lowest BCUT2D eigenvalue weighted by Crippen LogP contribution is -2.39. The molecule has 0 saturated carbocycles. The van der Waals surface area contributed by atoms with Gasteiger partial charge in [-0.05, 0) is 5.56 Å². The number of carboxylic acids is 1. The van der Waals surface area contributed by atoms with Crippen LogP contribution in [0.2, 0.25) is 0 Å². The van der Waals surface area contributed by atoms with Crippen LogP contribution in [0.5, 0.6) is 0 Å². The molecule has 0 aliphatic carbocycles. The summed E-state index contributed by atoms with van der Waals surface area (Å²) in [5.74, 6) is -1.24. The predicted molar refractivity (Wildman–Crippen MR) is 62.7 cm³/mol. The largest absolute Gasteiger partial charge is 0.480 e. The summed E-state index contributed by atoms with van der Waals surface area (Å²) < 4.78 is 14.6. The van der Waals surface area contributed by atoms with Gasteiger partial charge in [-0.25, -0.2) is 4.57 Å². The summed E-state index contributed by atoms with van der Waals surface area (Å²) >= 11 is 0. The van der Waals surface area contributed by atoms with Crippen LogP contribution in [-0.4, -0.2) is 33.5 Å². The molecule has 1 atom stereocenters. The van der Waals surface area contributed by atoms with Gasteiger partial charge in [0.2, 0.25) is 0 Å². The van der Waals surface area contributed by atoms with Crippen LogP contribution < -0.4 is 5.32 Å². The topological polar surface area (TPSA) is 116 Å². The van der Waals surface area contributed by atoms with Crippen LogP contribution in [-0.2, 0) is 20.4 Å². The molecule has 100 valence electrons. The van der Waals surface area contributed by atoms with Crippen LogP contribution >= 0.6 is 7.82 Å². The van der Waals surface area contributed by atoms with Gasteiger partial charge in [-0.2, -0.15) is 0 Å². The Kier molecular flexibility index (Phi) is 5.46. The second-order valence-electron chi connectivity index (χ2n) is 3.54. The summed E-state index contributed by atoms with van der Waals surface area (Å²) in [7, 11) is -4.66. The molecule has 4 N–H and O–H groups in total. The van der Waals surface area contributed by atoms with E-state index in [-0.39, 0.29) is 6.54 Å². The molecule has 1 aromatic rings. The standard InChI is InChI=1S/C10H14NO6P/c12-10(13)9(7-17-18(14,15)16)11-6-8-4-2-1-3-5-8/h1-5,9,11H,6-7H2,(H,12,13)(H2,14,15,16)/t9-/m0/s1. The normalized spacial score (nSPS) is 13.2. The highest BCUT2D eigenvalue weighted by Gasteiger charge is 2.22. The van der Waals surface area contributed by atoms with Gasteiger partial charge in [-0.3, -0.25) is 14.6 Å². The first-order valence-electron chi connectivity index (χ1n) is 5.08. The summed E-state index contributed by atoms with van der Waals surface area (Å²) in [6.45, 7) is -0.339. The van der Waals surface area contributed by atoms with Crippen molar-refractivity contribution in [3.8, 4) is 0 Å². The van der Waals surface area contributed by atoms with Crippen LogP contribution in [0, 0.1) is 0 Å². The van der Waals surface area contributed by atoms with E-state index in [0.717, 1.165) is 5.56 Å². The Balaban J connectivity index is 2.49. The molecule has 0 aliphatic heterocycles. The number of carbonyl (C=O) groups is 1. The van der Waals surface area contributed by atoms with Crippen LogP contribution in [0.25, 0.3) is 0 Å². The molecule has 1 rings (SSSR count). The first-order chi connectivity index (χ1) is 8.38. The van der Waals surface area contributed by atoms with Crippen molar-refractivity contribution >= 4 is 13.8 Å². The predicted octanol–water partition coefficient (Wildman–Crippen LogP) is 0.339. The maximum atomic E-state index is 10.8. The minimum absolute atomic E-state index is 0.266. The minimum atomic E-state index is -4.66. The number of phosphoric ester groups is 1. The molecule has 0 bridgehead atoms. The Morgan fingerprint density at radius 2 is 1.94 bits per heavy atom. The van der Waals surface area contributed by atoms with Crippen molar-refractivity contribution in [3.63, 3.8) is 0 Å². The zero-order valence-electron chi connectivity index (χ0n) is 9.39. The summed E-state index contributed by atoms with van der Waals surface area (Å²) in [6.07, 6.45) is 0. The summed E-state index contributed by atoms with van der Waals surface area (Å²) in [5, 5.41) is 11.5. The van der Waals surface area contributed by atoms with E-state index >= 15 is 0 Å². The molecule has 0 unspecified atom stereocenters. The number of hydrogen-bond acceptors (Lipinski definition) is 4. The number of carboxylic acid groups (broad SMARTS) is 1.